The number of anilines is 2. The zero-order valence-electron chi connectivity index (χ0n) is 16.1. The Hall–Kier alpha value is -4.13. The van der Waals surface area contributed by atoms with Crippen molar-refractivity contribution in [2.24, 2.45) is 0 Å². The zero-order chi connectivity index (χ0) is 22.6. The van der Waals surface area contributed by atoms with E-state index in [0.717, 1.165) is 19.1 Å². The van der Waals surface area contributed by atoms with Gasteiger partial charge in [-0.05, 0) is 36.4 Å². The van der Waals surface area contributed by atoms with Crippen molar-refractivity contribution in [1.29, 1.82) is 0 Å². The van der Waals surface area contributed by atoms with Gasteiger partial charge in [0.05, 0.1) is 16.8 Å². The van der Waals surface area contributed by atoms with E-state index in [1.807, 2.05) is 0 Å². The third-order valence-electron chi connectivity index (χ3n) is 3.97. The Morgan fingerprint density at radius 2 is 1.94 bits per heavy atom. The molecule has 0 radical (unpaired) electrons. The van der Waals surface area contributed by atoms with Crippen molar-refractivity contribution in [3.8, 4) is 18.1 Å². The maximum absolute atomic E-state index is 13.3. The second-order valence-electron chi connectivity index (χ2n) is 6.30. The lowest BCUT2D eigenvalue weighted by Crippen LogP contribution is -2.18. The van der Waals surface area contributed by atoms with Gasteiger partial charge >= 0.3 is 6.18 Å². The van der Waals surface area contributed by atoms with E-state index < -0.39 is 29.2 Å². The Morgan fingerprint density at radius 3 is 2.61 bits per heavy atom. The molecule has 0 aliphatic heterocycles. The minimum atomic E-state index is -4.74. The molecule has 7 nitrogen and oxygen atoms in total. The summed E-state index contributed by atoms with van der Waals surface area (Å²) < 4.78 is 45.2. The minimum Gasteiger partial charge on any atom is -0.481 e. The average molecular weight is 428 g/mol. The summed E-state index contributed by atoms with van der Waals surface area (Å²) in [5, 5.41) is 5.03. The number of benzene rings is 2. The normalized spacial score (nSPS) is 10.9. The van der Waals surface area contributed by atoms with E-state index in [1.165, 1.54) is 12.3 Å². The fourth-order valence-electron chi connectivity index (χ4n) is 2.68. The number of ether oxygens (including phenoxy) is 1. The smallest absolute Gasteiger partial charge is 0.418 e. The molecule has 158 valence electrons. The number of fused-ring (bicyclic) bond motifs is 1. The topological polar surface area (TPSA) is 93.2 Å². The minimum absolute atomic E-state index is 0.0908. The number of nitrogens with one attached hydrogen (secondary N) is 2. The number of hydrogen-bond donors (Lipinski definition) is 2. The molecule has 10 heteroatoms. The summed E-state index contributed by atoms with van der Waals surface area (Å²) in [6, 6.07) is 7.87. The van der Waals surface area contributed by atoms with Gasteiger partial charge in [-0.2, -0.15) is 13.2 Å². The van der Waals surface area contributed by atoms with Crippen molar-refractivity contribution in [3.63, 3.8) is 0 Å². The average Bonchev–Trinajstić information content (AvgIpc) is 2.71. The number of terminal acetylenes is 1. The van der Waals surface area contributed by atoms with Crippen molar-refractivity contribution in [2.75, 3.05) is 17.2 Å². The van der Waals surface area contributed by atoms with Gasteiger partial charge in [-0.15, -0.1) is 6.42 Å². The van der Waals surface area contributed by atoms with Crippen LogP contribution < -0.4 is 15.4 Å². The first-order valence-electron chi connectivity index (χ1n) is 8.80. The number of aromatic nitrogens is 2. The van der Waals surface area contributed by atoms with Crippen LogP contribution in [-0.4, -0.2) is 28.4 Å². The molecule has 0 unspecified atom stereocenters. The number of amides is 2. The van der Waals surface area contributed by atoms with Crippen molar-refractivity contribution in [1.82, 2.24) is 9.97 Å². The van der Waals surface area contributed by atoms with Gasteiger partial charge in [-0.1, -0.05) is 5.92 Å². The second-order valence-corrected chi connectivity index (χ2v) is 6.30. The zero-order valence-corrected chi connectivity index (χ0v) is 16.1. The molecule has 2 N–H and O–H groups in total. The van der Waals surface area contributed by atoms with Crippen molar-refractivity contribution in [2.45, 2.75) is 13.1 Å². The lowest BCUT2D eigenvalue weighted by Gasteiger charge is -2.15. The number of rotatable bonds is 5. The molecule has 3 aromatic rings. The largest absolute Gasteiger partial charge is 0.481 e. The van der Waals surface area contributed by atoms with Gasteiger partial charge < -0.3 is 15.4 Å². The Kier molecular flexibility index (Phi) is 6.06. The predicted octanol–water partition coefficient (Wildman–Crippen LogP) is 3.87. The Balaban J connectivity index is 1.84. The maximum atomic E-state index is 13.3. The van der Waals surface area contributed by atoms with E-state index >= 15 is 0 Å². The van der Waals surface area contributed by atoms with Gasteiger partial charge in [0.1, 0.15) is 12.4 Å². The molecule has 2 amide bonds. The second kappa shape index (κ2) is 8.71. The molecule has 0 bridgehead atoms. The van der Waals surface area contributed by atoms with Crippen LogP contribution in [0.2, 0.25) is 0 Å². The number of carbonyl (C=O) groups is 2. The highest BCUT2D eigenvalue weighted by Gasteiger charge is 2.34. The highest BCUT2D eigenvalue weighted by molar-refractivity contribution is 6.03. The summed E-state index contributed by atoms with van der Waals surface area (Å²) in [4.78, 5) is 31.7. The van der Waals surface area contributed by atoms with Crippen LogP contribution in [0.3, 0.4) is 0 Å². The first-order valence-corrected chi connectivity index (χ1v) is 8.80. The third-order valence-corrected chi connectivity index (χ3v) is 3.97. The van der Waals surface area contributed by atoms with Gasteiger partial charge in [0.25, 0.3) is 5.91 Å². The van der Waals surface area contributed by atoms with Crippen molar-refractivity contribution in [3.05, 3.63) is 54.0 Å². The van der Waals surface area contributed by atoms with Crippen LogP contribution in [0.15, 0.2) is 42.6 Å². The molecular weight excluding hydrogens is 413 g/mol. The van der Waals surface area contributed by atoms with Crippen molar-refractivity contribution >= 4 is 34.1 Å². The fraction of sp³-hybridized carbons (Fsp3) is 0.143. The van der Waals surface area contributed by atoms with E-state index in [1.54, 1.807) is 18.2 Å². The summed E-state index contributed by atoms with van der Waals surface area (Å²) in [6.07, 6.45) is 1.79. The molecule has 2 aromatic carbocycles. The molecule has 0 fully saturated rings. The van der Waals surface area contributed by atoms with Crippen LogP contribution in [0.1, 0.15) is 23.1 Å². The fourth-order valence-corrected chi connectivity index (χ4v) is 2.68. The number of hydrogen-bond acceptors (Lipinski definition) is 5. The SMILES string of the molecule is C#CCOc1ccc2nc(C(=O)Nc3ccc(NC(C)=O)c(C(F)(F)F)c3)ncc2c1. The first kappa shape index (κ1) is 21.6. The molecule has 31 heavy (non-hydrogen) atoms. The number of nitrogens with zero attached hydrogens (tertiary/aromatic N) is 2. The summed E-state index contributed by atoms with van der Waals surface area (Å²) in [5.74, 6) is 1.16. The lowest BCUT2D eigenvalue weighted by atomic mass is 10.1. The molecule has 0 aliphatic rings. The van der Waals surface area contributed by atoms with Crippen LogP contribution >= 0.6 is 0 Å². The monoisotopic (exact) mass is 428 g/mol. The molecule has 1 heterocycles. The summed E-state index contributed by atoms with van der Waals surface area (Å²) in [7, 11) is 0. The van der Waals surface area contributed by atoms with Crippen LogP contribution in [0.25, 0.3) is 10.9 Å². The van der Waals surface area contributed by atoms with Gasteiger partial charge in [0.2, 0.25) is 11.7 Å². The highest BCUT2D eigenvalue weighted by Crippen LogP contribution is 2.36. The van der Waals surface area contributed by atoms with Crippen molar-refractivity contribution < 1.29 is 27.5 Å². The van der Waals surface area contributed by atoms with Gasteiger partial charge in [-0.3, -0.25) is 9.59 Å². The summed E-state index contributed by atoms with van der Waals surface area (Å²) >= 11 is 0. The molecule has 1 aromatic heterocycles. The highest BCUT2D eigenvalue weighted by atomic mass is 19.4. The van der Waals surface area contributed by atoms with Gasteiger partial charge in [0, 0.05) is 24.2 Å². The third kappa shape index (κ3) is 5.27. The van der Waals surface area contributed by atoms with Crippen LogP contribution in [0, 0.1) is 12.3 Å². The van der Waals surface area contributed by atoms with Gasteiger partial charge in [0.15, 0.2) is 0 Å². The number of carbonyl (C=O) groups excluding carboxylic acids is 2. The summed E-state index contributed by atoms with van der Waals surface area (Å²) in [6.45, 7) is 1.19. The van der Waals surface area contributed by atoms with Crippen LogP contribution in [0.4, 0.5) is 24.5 Å². The van der Waals surface area contributed by atoms with E-state index in [9.17, 15) is 22.8 Å². The Morgan fingerprint density at radius 1 is 1.16 bits per heavy atom. The quantitative estimate of drug-likeness (QED) is 0.602. The number of alkyl halides is 3. The molecule has 0 saturated carbocycles. The molecule has 0 atom stereocenters. The molecule has 0 spiro atoms. The number of halogens is 3. The van der Waals surface area contributed by atoms with E-state index in [2.05, 4.69) is 26.5 Å². The standard InChI is InChI=1S/C21H15F3N4O3/c1-3-8-31-15-5-7-17-13(9-15)11-25-19(28-17)20(30)27-14-4-6-18(26-12(2)29)16(10-14)21(22,23)24/h1,4-7,9-11H,8H2,2H3,(H,26,29)(H,27,30). The predicted molar refractivity (Wildman–Crippen MR) is 108 cm³/mol. The van der Waals surface area contributed by atoms with E-state index in [4.69, 9.17) is 11.2 Å². The van der Waals surface area contributed by atoms with Gasteiger partial charge in [-0.25, -0.2) is 9.97 Å². The lowest BCUT2D eigenvalue weighted by molar-refractivity contribution is -0.136. The molecular formula is C21H15F3N4O3. The summed E-state index contributed by atoms with van der Waals surface area (Å²) in [5.41, 5.74) is -1.21. The Labute approximate surface area is 174 Å². The van der Waals surface area contributed by atoms with E-state index in [0.29, 0.717) is 16.7 Å². The molecule has 0 saturated heterocycles. The van der Waals surface area contributed by atoms with Crippen LogP contribution in [0.5, 0.6) is 5.75 Å². The maximum Gasteiger partial charge on any atom is 0.418 e. The molecule has 0 aliphatic carbocycles. The molecule has 3 rings (SSSR count). The van der Waals surface area contributed by atoms with E-state index in [-0.39, 0.29) is 18.1 Å². The first-order chi connectivity index (χ1) is 14.7. The Bertz CT molecular complexity index is 1200. The van der Waals surface area contributed by atoms with Crippen LogP contribution in [-0.2, 0) is 11.0 Å².